The van der Waals surface area contributed by atoms with E-state index >= 15 is 0 Å². The molecular formula is C32H39F2NO4. The summed E-state index contributed by atoms with van der Waals surface area (Å²) in [5.74, 6) is -0.535. The van der Waals surface area contributed by atoms with E-state index < -0.39 is 12.2 Å². The standard InChI is InChI=1S/C32H39F2NO4/c1-20(2)31-28(14-13-26(37)17-27(38)15-16-36)30(23-7-11-25(34)12-8-23)29(32(35-31)21(3)4)19-39-18-22-5-9-24(33)10-6-22/h5-14,20-21,26-27,36-38H,15-19H2,1-4H3/b14-13+/t26-,27+/m1/s1. The van der Waals surface area contributed by atoms with Gasteiger partial charge in [-0.25, -0.2) is 8.78 Å². The molecular weight excluding hydrogens is 500 g/mol. The van der Waals surface area contributed by atoms with Crippen molar-refractivity contribution in [2.24, 2.45) is 0 Å². The zero-order valence-corrected chi connectivity index (χ0v) is 23.1. The first-order chi connectivity index (χ1) is 18.6. The lowest BCUT2D eigenvalue weighted by atomic mass is 9.87. The Morgan fingerprint density at radius 2 is 1.44 bits per heavy atom. The Morgan fingerprint density at radius 1 is 0.846 bits per heavy atom. The molecule has 210 valence electrons. The molecule has 3 N–H and O–H groups in total. The van der Waals surface area contributed by atoms with Gasteiger partial charge in [-0.2, -0.15) is 0 Å². The minimum Gasteiger partial charge on any atom is -0.396 e. The molecule has 5 nitrogen and oxygen atoms in total. The zero-order valence-electron chi connectivity index (χ0n) is 23.1. The van der Waals surface area contributed by atoms with E-state index in [0.717, 1.165) is 39.2 Å². The molecule has 3 rings (SSSR count). The van der Waals surface area contributed by atoms with Crippen LogP contribution in [0.15, 0.2) is 54.6 Å². The quantitative estimate of drug-likeness (QED) is 0.231. The number of aliphatic hydroxyl groups excluding tert-OH is 3. The third-order valence-electron chi connectivity index (χ3n) is 6.51. The molecule has 2 atom stereocenters. The SMILES string of the molecule is CC(C)c1nc(C(C)C)c(COCc2ccc(F)cc2)c(-c2ccc(F)cc2)c1/C=C/[C@@H](O)C[C@@H](O)CCO. The van der Waals surface area contributed by atoms with Crippen molar-refractivity contribution in [3.63, 3.8) is 0 Å². The molecule has 0 amide bonds. The van der Waals surface area contributed by atoms with E-state index in [-0.39, 0.29) is 56.1 Å². The van der Waals surface area contributed by atoms with Gasteiger partial charge in [-0.3, -0.25) is 4.98 Å². The third-order valence-corrected chi connectivity index (χ3v) is 6.51. The highest BCUT2D eigenvalue weighted by molar-refractivity contribution is 5.80. The summed E-state index contributed by atoms with van der Waals surface area (Å²) in [6.07, 6.45) is 1.94. The summed E-state index contributed by atoms with van der Waals surface area (Å²) in [6.45, 7) is 8.56. The molecule has 0 aliphatic carbocycles. The van der Waals surface area contributed by atoms with Gasteiger partial charge in [-0.05, 0) is 59.2 Å². The van der Waals surface area contributed by atoms with Crippen LogP contribution in [0.3, 0.4) is 0 Å². The normalized spacial score (nSPS) is 13.5. The van der Waals surface area contributed by atoms with E-state index in [2.05, 4.69) is 13.8 Å². The van der Waals surface area contributed by atoms with Gasteiger partial charge in [0.05, 0.1) is 31.1 Å². The van der Waals surface area contributed by atoms with E-state index in [1.165, 1.54) is 24.3 Å². The zero-order chi connectivity index (χ0) is 28.5. The third kappa shape index (κ3) is 8.51. The van der Waals surface area contributed by atoms with Crippen molar-refractivity contribution < 1.29 is 28.8 Å². The maximum Gasteiger partial charge on any atom is 0.123 e. The highest BCUT2D eigenvalue weighted by Crippen LogP contribution is 2.38. The molecule has 0 bridgehead atoms. The molecule has 0 fully saturated rings. The van der Waals surface area contributed by atoms with Crippen molar-refractivity contribution in [2.75, 3.05) is 6.61 Å². The molecule has 0 saturated carbocycles. The number of nitrogens with zero attached hydrogens (tertiary/aromatic N) is 1. The van der Waals surface area contributed by atoms with Crippen LogP contribution >= 0.6 is 0 Å². The number of benzene rings is 2. The van der Waals surface area contributed by atoms with Gasteiger partial charge in [0.2, 0.25) is 0 Å². The minimum absolute atomic E-state index is 0.0488. The molecule has 0 aliphatic rings. The Balaban J connectivity index is 2.12. The van der Waals surface area contributed by atoms with Crippen LogP contribution in [0.4, 0.5) is 8.78 Å². The van der Waals surface area contributed by atoms with Crippen LogP contribution in [-0.4, -0.2) is 39.1 Å². The Kier molecular flexibility index (Phi) is 11.3. The maximum absolute atomic E-state index is 13.9. The molecule has 0 spiro atoms. The van der Waals surface area contributed by atoms with Gasteiger partial charge in [0, 0.05) is 29.8 Å². The summed E-state index contributed by atoms with van der Waals surface area (Å²) in [7, 11) is 0. The monoisotopic (exact) mass is 539 g/mol. The number of hydrogen-bond donors (Lipinski definition) is 3. The Labute approximate surface area is 229 Å². The second kappa shape index (κ2) is 14.4. The highest BCUT2D eigenvalue weighted by atomic mass is 19.1. The van der Waals surface area contributed by atoms with E-state index in [1.54, 1.807) is 30.3 Å². The number of ether oxygens (including phenoxy) is 1. The Hall–Kier alpha value is -2.97. The minimum atomic E-state index is -0.935. The fourth-order valence-electron chi connectivity index (χ4n) is 4.54. The van der Waals surface area contributed by atoms with E-state index in [0.29, 0.717) is 0 Å². The van der Waals surface area contributed by atoms with Gasteiger partial charge in [0.15, 0.2) is 0 Å². The largest absolute Gasteiger partial charge is 0.396 e. The number of hydrogen-bond acceptors (Lipinski definition) is 5. The molecule has 0 aliphatic heterocycles. The lowest BCUT2D eigenvalue weighted by Crippen LogP contribution is -2.17. The van der Waals surface area contributed by atoms with E-state index in [9.17, 15) is 19.0 Å². The van der Waals surface area contributed by atoms with Crippen LogP contribution in [0.25, 0.3) is 17.2 Å². The highest BCUT2D eigenvalue weighted by Gasteiger charge is 2.23. The van der Waals surface area contributed by atoms with Crippen molar-refractivity contribution in [3.8, 4) is 11.1 Å². The van der Waals surface area contributed by atoms with Crippen molar-refractivity contribution in [2.45, 2.75) is 77.8 Å². The molecule has 0 radical (unpaired) electrons. The first kappa shape index (κ1) is 30.6. The van der Waals surface area contributed by atoms with Gasteiger partial charge in [0.1, 0.15) is 11.6 Å². The van der Waals surface area contributed by atoms with Gasteiger partial charge < -0.3 is 20.1 Å². The van der Waals surface area contributed by atoms with Crippen LogP contribution in [0.2, 0.25) is 0 Å². The van der Waals surface area contributed by atoms with Crippen LogP contribution < -0.4 is 0 Å². The number of halogens is 2. The average molecular weight is 540 g/mol. The van der Waals surface area contributed by atoms with Crippen molar-refractivity contribution in [1.29, 1.82) is 0 Å². The van der Waals surface area contributed by atoms with Crippen LogP contribution in [0, 0.1) is 11.6 Å². The van der Waals surface area contributed by atoms with Crippen LogP contribution in [-0.2, 0) is 18.0 Å². The summed E-state index contributed by atoms with van der Waals surface area (Å²) >= 11 is 0. The maximum atomic E-state index is 13.9. The summed E-state index contributed by atoms with van der Waals surface area (Å²) in [5, 5.41) is 29.7. The first-order valence-electron chi connectivity index (χ1n) is 13.4. The second-order valence-electron chi connectivity index (χ2n) is 10.4. The van der Waals surface area contributed by atoms with Gasteiger partial charge in [-0.15, -0.1) is 0 Å². The number of aliphatic hydroxyl groups is 3. The van der Waals surface area contributed by atoms with Crippen molar-refractivity contribution in [1.82, 2.24) is 4.98 Å². The molecule has 39 heavy (non-hydrogen) atoms. The number of pyridine rings is 1. The molecule has 1 heterocycles. The van der Waals surface area contributed by atoms with Gasteiger partial charge in [0.25, 0.3) is 0 Å². The Bertz CT molecular complexity index is 1220. The predicted octanol–water partition coefficient (Wildman–Crippen LogP) is 6.50. The fourth-order valence-corrected chi connectivity index (χ4v) is 4.54. The summed E-state index contributed by atoms with van der Waals surface area (Å²) in [6, 6.07) is 12.4. The predicted molar refractivity (Wildman–Crippen MR) is 150 cm³/mol. The van der Waals surface area contributed by atoms with Crippen LogP contribution in [0.1, 0.15) is 80.5 Å². The smallest absolute Gasteiger partial charge is 0.123 e. The van der Waals surface area contributed by atoms with Crippen molar-refractivity contribution >= 4 is 6.08 Å². The molecule has 3 aromatic rings. The lowest BCUT2D eigenvalue weighted by molar-refractivity contribution is 0.0827. The molecule has 2 aromatic carbocycles. The molecule has 1 aromatic heterocycles. The first-order valence-corrected chi connectivity index (χ1v) is 13.4. The van der Waals surface area contributed by atoms with E-state index in [4.69, 9.17) is 14.8 Å². The summed E-state index contributed by atoms with van der Waals surface area (Å²) in [4.78, 5) is 5.06. The second-order valence-corrected chi connectivity index (χ2v) is 10.4. The average Bonchev–Trinajstić information content (AvgIpc) is 2.88. The van der Waals surface area contributed by atoms with Gasteiger partial charge >= 0.3 is 0 Å². The topological polar surface area (TPSA) is 82.8 Å². The number of aromatic nitrogens is 1. The summed E-state index contributed by atoms with van der Waals surface area (Å²) in [5.41, 5.74) is 5.82. The van der Waals surface area contributed by atoms with Crippen LogP contribution in [0.5, 0.6) is 0 Å². The fraction of sp³-hybridized carbons (Fsp3) is 0.406. The Morgan fingerprint density at radius 3 is 2.00 bits per heavy atom. The summed E-state index contributed by atoms with van der Waals surface area (Å²) < 4.78 is 33.4. The van der Waals surface area contributed by atoms with Gasteiger partial charge in [-0.1, -0.05) is 64.1 Å². The van der Waals surface area contributed by atoms with Crippen molar-refractivity contribution in [3.05, 3.63) is 94.3 Å². The number of rotatable bonds is 13. The lowest BCUT2D eigenvalue weighted by Gasteiger charge is -2.24. The van der Waals surface area contributed by atoms with E-state index in [1.807, 2.05) is 19.9 Å². The molecule has 0 saturated heterocycles. The molecule has 0 unspecified atom stereocenters. The molecule has 7 heteroatoms.